The predicted octanol–water partition coefficient (Wildman–Crippen LogP) is 2.67. The summed E-state index contributed by atoms with van der Waals surface area (Å²) >= 11 is 0. The number of amidine groups is 1. The number of aliphatic imine (C=N–C) groups is 2. The number of piperidine rings is 1. The van der Waals surface area contributed by atoms with Crippen LogP contribution in [0.1, 0.15) is 55.3 Å². The summed E-state index contributed by atoms with van der Waals surface area (Å²) in [6.07, 6.45) is 6.35. The average Bonchev–Trinajstić information content (AvgIpc) is 3.09. The summed E-state index contributed by atoms with van der Waals surface area (Å²) in [5, 5.41) is 2.85. The minimum atomic E-state index is -0.158. The fourth-order valence-electron chi connectivity index (χ4n) is 4.83. The van der Waals surface area contributed by atoms with Crippen LogP contribution in [0.4, 0.5) is 0 Å². The standard InChI is InChI=1S/C25H32N4O4/c1-33-19-9-7-17(8-10-19)24(31)18-11-13-29(14-12-18)16-23(30)26-15-22-27-21-6-4-2-3-5-20(21)25(32)28-22/h7-10,18,20H,2-6,11-16H2,1H3,(H,26,30). The number of Topliss-reactive ketones (excluding diaryl/α,β-unsaturated/α-hetero) is 1. The second kappa shape index (κ2) is 10.8. The highest BCUT2D eigenvalue weighted by Crippen LogP contribution is 2.25. The van der Waals surface area contributed by atoms with Gasteiger partial charge < -0.3 is 10.1 Å². The number of methoxy groups -OCH3 is 1. The lowest BCUT2D eigenvalue weighted by Crippen LogP contribution is -2.44. The summed E-state index contributed by atoms with van der Waals surface area (Å²) in [6, 6.07) is 7.22. The summed E-state index contributed by atoms with van der Waals surface area (Å²) in [6.45, 7) is 1.84. The number of ether oxygens (including phenoxy) is 1. The molecule has 1 aromatic rings. The molecule has 1 saturated heterocycles. The van der Waals surface area contributed by atoms with E-state index < -0.39 is 0 Å². The molecule has 1 aliphatic carbocycles. The Hall–Kier alpha value is -2.87. The molecule has 1 saturated carbocycles. The molecule has 3 aliphatic rings. The lowest BCUT2D eigenvalue weighted by Gasteiger charge is -2.30. The zero-order chi connectivity index (χ0) is 23.2. The number of fused-ring (bicyclic) bond motifs is 1. The summed E-state index contributed by atoms with van der Waals surface area (Å²) in [5.74, 6) is 0.875. The van der Waals surface area contributed by atoms with E-state index in [1.807, 2.05) is 0 Å². The van der Waals surface area contributed by atoms with Crippen LogP contribution in [0, 0.1) is 11.8 Å². The zero-order valence-corrected chi connectivity index (χ0v) is 19.2. The molecule has 1 aromatic carbocycles. The molecule has 2 aliphatic heterocycles. The number of likely N-dealkylation sites (tertiary alicyclic amines) is 1. The van der Waals surface area contributed by atoms with Crippen molar-refractivity contribution in [3.63, 3.8) is 0 Å². The first-order valence-electron chi connectivity index (χ1n) is 11.9. The van der Waals surface area contributed by atoms with Crippen molar-refractivity contribution >= 4 is 29.1 Å². The van der Waals surface area contributed by atoms with Gasteiger partial charge in [-0.05, 0) is 69.5 Å². The Morgan fingerprint density at radius 3 is 2.55 bits per heavy atom. The normalized spacial score (nSPS) is 22.0. The number of amides is 2. The van der Waals surface area contributed by atoms with Crippen molar-refractivity contribution in [2.24, 2.45) is 21.8 Å². The van der Waals surface area contributed by atoms with Crippen LogP contribution in [0.5, 0.6) is 5.75 Å². The highest BCUT2D eigenvalue weighted by atomic mass is 16.5. The fraction of sp³-hybridized carbons (Fsp3) is 0.560. The third-order valence-corrected chi connectivity index (χ3v) is 6.78. The number of nitrogens with zero attached hydrogens (tertiary/aromatic N) is 3. The highest BCUT2D eigenvalue weighted by molar-refractivity contribution is 6.16. The van der Waals surface area contributed by atoms with Gasteiger partial charge >= 0.3 is 0 Å². The summed E-state index contributed by atoms with van der Waals surface area (Å²) in [7, 11) is 1.60. The van der Waals surface area contributed by atoms with Gasteiger partial charge in [-0.15, -0.1) is 0 Å². The minimum Gasteiger partial charge on any atom is -0.497 e. The second-order valence-corrected chi connectivity index (χ2v) is 9.04. The second-order valence-electron chi connectivity index (χ2n) is 9.04. The molecule has 1 unspecified atom stereocenters. The van der Waals surface area contributed by atoms with Gasteiger partial charge in [-0.3, -0.25) is 19.3 Å². The number of hydrogen-bond acceptors (Lipinski definition) is 6. The Morgan fingerprint density at radius 2 is 1.82 bits per heavy atom. The van der Waals surface area contributed by atoms with Crippen LogP contribution in [0.2, 0.25) is 0 Å². The zero-order valence-electron chi connectivity index (χ0n) is 19.2. The molecule has 1 N–H and O–H groups in total. The van der Waals surface area contributed by atoms with E-state index in [-0.39, 0.29) is 42.5 Å². The lowest BCUT2D eigenvalue weighted by atomic mass is 9.89. The van der Waals surface area contributed by atoms with Crippen molar-refractivity contribution in [3.05, 3.63) is 29.8 Å². The molecule has 0 radical (unpaired) electrons. The Balaban J connectivity index is 1.22. The lowest BCUT2D eigenvalue weighted by molar-refractivity contribution is -0.122. The molecule has 2 amide bonds. The molecule has 2 fully saturated rings. The first kappa shape index (κ1) is 23.3. The van der Waals surface area contributed by atoms with Crippen LogP contribution >= 0.6 is 0 Å². The number of nitrogens with one attached hydrogen (secondary N) is 1. The topological polar surface area (TPSA) is 100 Å². The van der Waals surface area contributed by atoms with E-state index in [1.165, 1.54) is 0 Å². The van der Waals surface area contributed by atoms with E-state index in [1.54, 1.807) is 31.4 Å². The molecule has 0 bridgehead atoms. The molecule has 8 nitrogen and oxygen atoms in total. The number of rotatable bonds is 7. The maximum Gasteiger partial charge on any atom is 0.256 e. The van der Waals surface area contributed by atoms with Crippen molar-refractivity contribution < 1.29 is 19.1 Å². The maximum absolute atomic E-state index is 12.8. The van der Waals surface area contributed by atoms with E-state index in [0.717, 1.165) is 56.4 Å². The van der Waals surface area contributed by atoms with E-state index in [4.69, 9.17) is 4.74 Å². The third kappa shape index (κ3) is 5.93. The van der Waals surface area contributed by atoms with Gasteiger partial charge in [-0.2, -0.15) is 4.99 Å². The molecular weight excluding hydrogens is 420 g/mol. The van der Waals surface area contributed by atoms with Crippen molar-refractivity contribution in [2.45, 2.75) is 44.9 Å². The van der Waals surface area contributed by atoms with Crippen LogP contribution in [-0.2, 0) is 9.59 Å². The van der Waals surface area contributed by atoms with Crippen LogP contribution in [0.3, 0.4) is 0 Å². The van der Waals surface area contributed by atoms with Gasteiger partial charge in [-0.25, -0.2) is 4.99 Å². The van der Waals surface area contributed by atoms with E-state index >= 15 is 0 Å². The minimum absolute atomic E-state index is 0.0244. The van der Waals surface area contributed by atoms with Crippen LogP contribution in [0.25, 0.3) is 0 Å². The van der Waals surface area contributed by atoms with Crippen molar-refractivity contribution in [1.82, 2.24) is 10.2 Å². The van der Waals surface area contributed by atoms with Gasteiger partial charge in [0.1, 0.15) is 5.75 Å². The number of hydrogen-bond donors (Lipinski definition) is 1. The molecular formula is C25H32N4O4. The largest absolute Gasteiger partial charge is 0.497 e. The van der Waals surface area contributed by atoms with Gasteiger partial charge in [-0.1, -0.05) is 12.8 Å². The molecule has 1 atom stereocenters. The van der Waals surface area contributed by atoms with Crippen LogP contribution < -0.4 is 10.1 Å². The molecule has 176 valence electrons. The number of carbonyl (C=O) groups excluding carboxylic acids is 3. The number of benzene rings is 1. The Kier molecular flexibility index (Phi) is 7.65. The van der Waals surface area contributed by atoms with Gasteiger partial charge in [0.15, 0.2) is 11.6 Å². The monoisotopic (exact) mass is 452 g/mol. The predicted molar refractivity (Wildman–Crippen MR) is 126 cm³/mol. The quantitative estimate of drug-likeness (QED) is 0.641. The van der Waals surface area contributed by atoms with Crippen molar-refractivity contribution in [1.29, 1.82) is 0 Å². The summed E-state index contributed by atoms with van der Waals surface area (Å²) < 4.78 is 5.15. The average molecular weight is 453 g/mol. The van der Waals surface area contributed by atoms with Gasteiger partial charge in [0.25, 0.3) is 5.91 Å². The smallest absolute Gasteiger partial charge is 0.256 e. The molecule has 8 heteroatoms. The highest BCUT2D eigenvalue weighted by Gasteiger charge is 2.30. The van der Waals surface area contributed by atoms with Gasteiger partial charge in [0.05, 0.1) is 26.1 Å². The summed E-state index contributed by atoms with van der Waals surface area (Å²) in [4.78, 5) is 48.3. The number of ketones is 1. The molecule has 0 spiro atoms. The third-order valence-electron chi connectivity index (χ3n) is 6.78. The molecule has 2 heterocycles. The van der Waals surface area contributed by atoms with E-state index in [9.17, 15) is 14.4 Å². The maximum atomic E-state index is 12.8. The molecule has 0 aromatic heterocycles. The Labute approximate surface area is 194 Å². The first-order valence-corrected chi connectivity index (χ1v) is 11.9. The SMILES string of the molecule is COc1ccc(C(=O)C2CCN(CC(=O)NCC3=NC(=O)C4CCCCCC4=N3)CC2)cc1. The Morgan fingerprint density at radius 1 is 1.06 bits per heavy atom. The van der Waals surface area contributed by atoms with Crippen LogP contribution in [-0.4, -0.2) is 67.3 Å². The van der Waals surface area contributed by atoms with Crippen molar-refractivity contribution in [2.75, 3.05) is 33.3 Å². The van der Waals surface area contributed by atoms with Crippen molar-refractivity contribution in [3.8, 4) is 5.75 Å². The summed E-state index contributed by atoms with van der Waals surface area (Å²) in [5.41, 5.74) is 1.63. The van der Waals surface area contributed by atoms with E-state index in [2.05, 4.69) is 20.2 Å². The van der Waals surface area contributed by atoms with Gasteiger partial charge in [0, 0.05) is 17.2 Å². The van der Waals surface area contributed by atoms with Crippen LogP contribution in [0.15, 0.2) is 34.3 Å². The fourth-order valence-corrected chi connectivity index (χ4v) is 4.83. The first-order chi connectivity index (χ1) is 16.0. The number of carbonyl (C=O) groups is 3. The molecule has 33 heavy (non-hydrogen) atoms. The van der Waals surface area contributed by atoms with Gasteiger partial charge in [0.2, 0.25) is 5.91 Å². The Bertz CT molecular complexity index is 946. The van der Waals surface area contributed by atoms with E-state index in [0.29, 0.717) is 24.5 Å². The molecule has 4 rings (SSSR count).